The van der Waals surface area contributed by atoms with Gasteiger partial charge in [-0.1, -0.05) is 0 Å². The maximum absolute atomic E-state index is 10.0. The number of nitrogens with zero attached hydrogens (tertiary/aromatic N) is 1. The van der Waals surface area contributed by atoms with Crippen molar-refractivity contribution in [3.05, 3.63) is 10.1 Å². The van der Waals surface area contributed by atoms with Crippen molar-refractivity contribution in [2.24, 2.45) is 5.73 Å². The molecule has 0 rings (SSSR count). The summed E-state index contributed by atoms with van der Waals surface area (Å²) < 4.78 is 4.36. The van der Waals surface area contributed by atoms with Crippen LogP contribution in [0.3, 0.4) is 0 Å². The molecule has 0 bridgehead atoms. The van der Waals surface area contributed by atoms with Gasteiger partial charge in [0, 0.05) is 0 Å². The van der Waals surface area contributed by atoms with Crippen LogP contribution in [0.5, 0.6) is 0 Å². The van der Waals surface area contributed by atoms with Crippen LogP contribution in [0, 0.1) is 10.1 Å². The van der Waals surface area contributed by atoms with Crippen molar-refractivity contribution in [1.29, 1.82) is 0 Å². The second-order valence-corrected chi connectivity index (χ2v) is 1.93. The third kappa shape index (κ3) is 8.47. The molecule has 0 heterocycles. The summed E-state index contributed by atoms with van der Waals surface area (Å²) in [4.78, 5) is 23.6. The van der Waals surface area contributed by atoms with Crippen LogP contribution in [0.15, 0.2) is 0 Å². The molecule has 0 aliphatic carbocycles. The normalized spacial score (nSPS) is 9.00. The third-order valence-corrected chi connectivity index (χ3v) is 0.980. The Kier molecular flexibility index (Phi) is 5.41. The van der Waals surface area contributed by atoms with Crippen LogP contribution in [0.1, 0.15) is 12.8 Å². The van der Waals surface area contributed by atoms with Crippen LogP contribution in [0.4, 0.5) is 4.79 Å². The van der Waals surface area contributed by atoms with E-state index in [4.69, 9.17) is 0 Å². The largest absolute Gasteiger partial charge is 0.450 e. The second kappa shape index (κ2) is 6.20. The number of nitrogens with two attached hydrogens (primary N) is 1. The lowest BCUT2D eigenvalue weighted by atomic mass is 10.3. The Labute approximate surface area is 68.5 Å². The Morgan fingerprint density at radius 3 is 2.50 bits per heavy atom. The quantitative estimate of drug-likeness (QED) is 0.352. The molecule has 0 aromatic heterocycles. The molecule has 0 aromatic carbocycles. The Morgan fingerprint density at radius 1 is 1.42 bits per heavy atom. The highest BCUT2D eigenvalue weighted by Gasteiger charge is 1.96. The van der Waals surface area contributed by atoms with Crippen molar-refractivity contribution in [2.75, 3.05) is 13.2 Å². The number of ether oxygens (including phenoxy) is 1. The molecule has 0 unspecified atom stereocenters. The van der Waals surface area contributed by atoms with Crippen molar-refractivity contribution in [3.8, 4) is 0 Å². The Bertz CT molecular complexity index is 142. The molecule has 0 saturated heterocycles. The smallest absolute Gasteiger partial charge is 0.404 e. The summed E-state index contributed by atoms with van der Waals surface area (Å²) in [6.07, 6.45) is 0.107. The van der Waals surface area contributed by atoms with Gasteiger partial charge in [-0.15, -0.1) is 10.1 Å². The molecule has 2 N–H and O–H groups in total. The lowest BCUT2D eigenvalue weighted by Crippen LogP contribution is -2.14. The minimum Gasteiger partial charge on any atom is -0.450 e. The van der Waals surface area contributed by atoms with Crippen molar-refractivity contribution in [2.45, 2.75) is 12.8 Å². The van der Waals surface area contributed by atoms with Gasteiger partial charge < -0.3 is 15.3 Å². The summed E-state index contributed by atoms with van der Waals surface area (Å²) in [5, 5.41) is 8.75. The number of carbonyl (C=O) groups is 1. The molecule has 7 heteroatoms. The van der Waals surface area contributed by atoms with Crippen LogP contribution in [-0.2, 0) is 9.57 Å². The molecule has 0 fully saturated rings. The predicted molar refractivity (Wildman–Crippen MR) is 37.7 cm³/mol. The molecule has 1 amide bonds. The summed E-state index contributed by atoms with van der Waals surface area (Å²) in [7, 11) is 0. The van der Waals surface area contributed by atoms with E-state index in [1.165, 1.54) is 0 Å². The van der Waals surface area contributed by atoms with Gasteiger partial charge in [-0.25, -0.2) is 4.79 Å². The Balaban J connectivity index is 3.01. The van der Waals surface area contributed by atoms with E-state index in [1.807, 2.05) is 0 Å². The monoisotopic (exact) mass is 178 g/mol. The van der Waals surface area contributed by atoms with E-state index in [2.05, 4.69) is 15.3 Å². The summed E-state index contributed by atoms with van der Waals surface area (Å²) >= 11 is 0. The average Bonchev–Trinajstić information content (AvgIpc) is 1.95. The molecule has 0 spiro atoms. The highest BCUT2D eigenvalue weighted by molar-refractivity contribution is 5.64. The van der Waals surface area contributed by atoms with Crippen molar-refractivity contribution in [1.82, 2.24) is 0 Å². The Morgan fingerprint density at radius 2 is 2.00 bits per heavy atom. The van der Waals surface area contributed by atoms with Gasteiger partial charge in [-0.2, -0.15) is 0 Å². The molecule has 70 valence electrons. The molecule has 0 saturated carbocycles. The van der Waals surface area contributed by atoms with E-state index >= 15 is 0 Å². The standard InChI is InChI=1S/C5H10N2O5/c6-5(8)11-3-1-2-4-12-7(9)10/h1-4H2,(H2,6,8). The summed E-state index contributed by atoms with van der Waals surface area (Å²) in [6, 6.07) is 0. The predicted octanol–water partition coefficient (Wildman–Crippen LogP) is 0.0702. The highest BCUT2D eigenvalue weighted by atomic mass is 16.9. The molecular formula is C5H10N2O5. The summed E-state index contributed by atoms with van der Waals surface area (Å²) in [6.45, 7) is 0.172. The summed E-state index contributed by atoms with van der Waals surface area (Å²) in [5.41, 5.74) is 4.65. The maximum atomic E-state index is 10.0. The van der Waals surface area contributed by atoms with E-state index in [0.29, 0.717) is 12.8 Å². The fraction of sp³-hybridized carbons (Fsp3) is 0.800. The number of hydrogen-bond donors (Lipinski definition) is 1. The number of amides is 1. The van der Waals surface area contributed by atoms with Crippen LogP contribution in [0.25, 0.3) is 0 Å². The zero-order chi connectivity index (χ0) is 9.40. The van der Waals surface area contributed by atoms with Crippen LogP contribution < -0.4 is 5.73 Å². The molecular weight excluding hydrogens is 168 g/mol. The molecule has 0 aliphatic heterocycles. The Hall–Kier alpha value is -1.53. The average molecular weight is 178 g/mol. The minimum absolute atomic E-state index is 0.00905. The lowest BCUT2D eigenvalue weighted by molar-refractivity contribution is -0.757. The number of unbranched alkanes of at least 4 members (excludes halogenated alkanes) is 1. The first-order chi connectivity index (χ1) is 5.63. The lowest BCUT2D eigenvalue weighted by Gasteiger charge is -1.99. The van der Waals surface area contributed by atoms with Crippen molar-refractivity contribution >= 4 is 6.09 Å². The zero-order valence-electron chi connectivity index (χ0n) is 6.39. The SMILES string of the molecule is NC(=O)OCCCCO[N+](=O)[O-]. The molecule has 0 radical (unpaired) electrons. The molecule has 0 aliphatic rings. The fourth-order valence-electron chi connectivity index (χ4n) is 0.516. The van der Waals surface area contributed by atoms with Crippen molar-refractivity contribution < 1.29 is 19.5 Å². The maximum Gasteiger partial charge on any atom is 0.404 e. The fourth-order valence-corrected chi connectivity index (χ4v) is 0.516. The first-order valence-electron chi connectivity index (χ1n) is 3.32. The number of hydrogen-bond acceptors (Lipinski definition) is 5. The van der Waals surface area contributed by atoms with Crippen LogP contribution in [0.2, 0.25) is 0 Å². The minimum atomic E-state index is -0.866. The van der Waals surface area contributed by atoms with Crippen molar-refractivity contribution in [3.63, 3.8) is 0 Å². The number of rotatable bonds is 6. The zero-order valence-corrected chi connectivity index (χ0v) is 6.39. The van der Waals surface area contributed by atoms with Crippen LogP contribution >= 0.6 is 0 Å². The molecule has 12 heavy (non-hydrogen) atoms. The van der Waals surface area contributed by atoms with Gasteiger partial charge in [0.1, 0.15) is 0 Å². The first kappa shape index (κ1) is 10.5. The second-order valence-electron chi connectivity index (χ2n) is 1.93. The van der Waals surface area contributed by atoms with Gasteiger partial charge in [-0.3, -0.25) is 0 Å². The third-order valence-electron chi connectivity index (χ3n) is 0.980. The van der Waals surface area contributed by atoms with Gasteiger partial charge in [0.05, 0.1) is 13.2 Å². The topological polar surface area (TPSA) is 105 Å². The number of carbonyl (C=O) groups excluding carboxylic acids is 1. The van der Waals surface area contributed by atoms with Gasteiger partial charge in [0.2, 0.25) is 0 Å². The van der Waals surface area contributed by atoms with E-state index in [9.17, 15) is 14.9 Å². The van der Waals surface area contributed by atoms with Crippen LogP contribution in [-0.4, -0.2) is 24.4 Å². The van der Waals surface area contributed by atoms with E-state index < -0.39 is 11.2 Å². The molecule has 0 aromatic rings. The van der Waals surface area contributed by atoms with Gasteiger partial charge >= 0.3 is 6.09 Å². The summed E-state index contributed by atoms with van der Waals surface area (Å²) in [5.74, 6) is 0. The highest BCUT2D eigenvalue weighted by Crippen LogP contribution is 1.91. The van der Waals surface area contributed by atoms with E-state index in [-0.39, 0.29) is 13.2 Å². The van der Waals surface area contributed by atoms with E-state index in [0.717, 1.165) is 0 Å². The van der Waals surface area contributed by atoms with Gasteiger partial charge in [0.15, 0.2) is 0 Å². The molecule has 7 nitrogen and oxygen atoms in total. The molecule has 0 atom stereocenters. The van der Waals surface area contributed by atoms with Gasteiger partial charge in [0.25, 0.3) is 5.09 Å². The first-order valence-corrected chi connectivity index (χ1v) is 3.32. The van der Waals surface area contributed by atoms with E-state index in [1.54, 1.807) is 0 Å². The van der Waals surface area contributed by atoms with Gasteiger partial charge in [-0.05, 0) is 12.8 Å². The number of primary amides is 1.